The average molecular weight is 285 g/mol. The number of ether oxygens (including phenoxy) is 1. The van der Waals surface area contributed by atoms with E-state index in [2.05, 4.69) is 10.6 Å². The maximum absolute atomic E-state index is 11.5. The molecule has 6 nitrogen and oxygen atoms in total. The minimum absolute atomic E-state index is 0.363. The molecule has 1 unspecified atom stereocenters. The maximum atomic E-state index is 11.5. The first kappa shape index (κ1) is 16.8. The predicted octanol–water partition coefficient (Wildman–Crippen LogP) is 1.29. The smallest absolute Gasteiger partial charge is 0.407 e. The van der Waals surface area contributed by atoms with E-state index in [0.717, 1.165) is 12.8 Å². The Morgan fingerprint density at radius 1 is 1.30 bits per heavy atom. The van der Waals surface area contributed by atoms with E-state index in [1.54, 1.807) is 20.8 Å². The lowest BCUT2D eigenvalue weighted by Crippen LogP contribution is -2.47. The number of hydrogen-bond acceptors (Lipinski definition) is 4. The maximum Gasteiger partial charge on any atom is 0.407 e. The Morgan fingerprint density at radius 3 is 2.40 bits per heavy atom. The van der Waals surface area contributed by atoms with E-state index >= 15 is 0 Å². The van der Waals surface area contributed by atoms with E-state index in [1.165, 1.54) is 12.8 Å². The second-order valence-corrected chi connectivity index (χ2v) is 6.32. The lowest BCUT2D eigenvalue weighted by molar-refractivity contribution is -0.120. The number of primary amides is 1. The molecular formula is C14H27N3O3. The lowest BCUT2D eigenvalue weighted by Gasteiger charge is -2.22. The van der Waals surface area contributed by atoms with Gasteiger partial charge in [0.15, 0.2) is 0 Å². The van der Waals surface area contributed by atoms with Gasteiger partial charge in [0, 0.05) is 12.6 Å². The highest BCUT2D eigenvalue weighted by molar-refractivity contribution is 5.80. The standard InChI is InChI=1S/C14H27N3O3/c1-14(2,3)20-13(19)16-9-8-11(12(15)18)17-10-6-4-5-7-10/h10-11,17H,4-9H2,1-3H3,(H2,15,18)(H,16,19). The largest absolute Gasteiger partial charge is 0.444 e. The highest BCUT2D eigenvalue weighted by atomic mass is 16.6. The number of amides is 2. The van der Waals surface area contributed by atoms with E-state index in [4.69, 9.17) is 10.5 Å². The molecule has 0 radical (unpaired) electrons. The Kier molecular flexibility index (Phi) is 6.26. The third-order valence-corrected chi connectivity index (χ3v) is 3.24. The normalized spacial score (nSPS) is 17.8. The molecule has 1 aliphatic rings. The molecule has 0 bridgehead atoms. The summed E-state index contributed by atoms with van der Waals surface area (Å²) in [5, 5.41) is 5.91. The molecule has 1 aliphatic carbocycles. The Morgan fingerprint density at radius 2 is 1.90 bits per heavy atom. The average Bonchev–Trinajstić information content (AvgIpc) is 2.77. The first-order valence-corrected chi connectivity index (χ1v) is 7.30. The van der Waals surface area contributed by atoms with E-state index < -0.39 is 17.7 Å². The second kappa shape index (κ2) is 7.47. The van der Waals surface area contributed by atoms with Crippen LogP contribution in [0.4, 0.5) is 4.79 Å². The number of nitrogens with two attached hydrogens (primary N) is 1. The van der Waals surface area contributed by atoms with Crippen LogP contribution >= 0.6 is 0 Å². The van der Waals surface area contributed by atoms with Crippen molar-refractivity contribution in [3.63, 3.8) is 0 Å². The van der Waals surface area contributed by atoms with Crippen molar-refractivity contribution >= 4 is 12.0 Å². The van der Waals surface area contributed by atoms with Crippen LogP contribution in [0, 0.1) is 0 Å². The highest BCUT2D eigenvalue weighted by Gasteiger charge is 2.23. The zero-order valence-corrected chi connectivity index (χ0v) is 12.7. The summed E-state index contributed by atoms with van der Waals surface area (Å²) in [7, 11) is 0. The van der Waals surface area contributed by atoms with Gasteiger partial charge in [0.25, 0.3) is 0 Å². The van der Waals surface area contributed by atoms with Gasteiger partial charge in [-0.2, -0.15) is 0 Å². The third-order valence-electron chi connectivity index (χ3n) is 3.24. The van der Waals surface area contributed by atoms with Gasteiger partial charge in [0.05, 0.1) is 6.04 Å². The summed E-state index contributed by atoms with van der Waals surface area (Å²) in [5.74, 6) is -0.372. The highest BCUT2D eigenvalue weighted by Crippen LogP contribution is 2.18. The molecule has 20 heavy (non-hydrogen) atoms. The Bertz CT molecular complexity index is 333. The lowest BCUT2D eigenvalue weighted by atomic mass is 10.1. The summed E-state index contributed by atoms with van der Waals surface area (Å²) in [6.45, 7) is 5.78. The molecule has 4 N–H and O–H groups in total. The fraction of sp³-hybridized carbons (Fsp3) is 0.857. The molecule has 2 amide bonds. The van der Waals surface area contributed by atoms with Crippen LogP contribution in [-0.2, 0) is 9.53 Å². The molecule has 0 spiro atoms. The summed E-state index contributed by atoms with van der Waals surface area (Å²) in [5.41, 5.74) is 4.87. The summed E-state index contributed by atoms with van der Waals surface area (Å²) < 4.78 is 5.13. The topological polar surface area (TPSA) is 93.4 Å². The molecule has 1 atom stereocenters. The summed E-state index contributed by atoms with van der Waals surface area (Å²) >= 11 is 0. The van der Waals surface area contributed by atoms with Crippen LogP contribution in [0.2, 0.25) is 0 Å². The molecule has 1 saturated carbocycles. The van der Waals surface area contributed by atoms with Crippen molar-refractivity contribution in [3.8, 4) is 0 Å². The number of rotatable bonds is 6. The van der Waals surface area contributed by atoms with Gasteiger partial charge in [-0.15, -0.1) is 0 Å². The van der Waals surface area contributed by atoms with Crippen LogP contribution in [0.5, 0.6) is 0 Å². The number of alkyl carbamates (subject to hydrolysis) is 1. The Hall–Kier alpha value is -1.30. The summed E-state index contributed by atoms with van der Waals surface area (Å²) in [6.07, 6.45) is 4.57. The monoisotopic (exact) mass is 285 g/mol. The molecular weight excluding hydrogens is 258 g/mol. The van der Waals surface area contributed by atoms with Crippen molar-refractivity contribution in [3.05, 3.63) is 0 Å². The van der Waals surface area contributed by atoms with Crippen molar-refractivity contribution in [2.24, 2.45) is 5.73 Å². The van der Waals surface area contributed by atoms with Crippen LogP contribution in [0.3, 0.4) is 0 Å². The molecule has 0 aromatic heterocycles. The molecule has 0 heterocycles. The molecule has 0 aliphatic heterocycles. The first-order valence-electron chi connectivity index (χ1n) is 7.30. The van der Waals surface area contributed by atoms with Gasteiger partial charge >= 0.3 is 6.09 Å². The van der Waals surface area contributed by atoms with Gasteiger partial charge in [-0.3, -0.25) is 4.79 Å². The summed E-state index contributed by atoms with van der Waals surface area (Å²) in [4.78, 5) is 22.9. The second-order valence-electron chi connectivity index (χ2n) is 6.32. The molecule has 1 fully saturated rings. The van der Waals surface area contributed by atoms with Crippen LogP contribution in [0.25, 0.3) is 0 Å². The molecule has 116 valence electrons. The third kappa shape index (κ3) is 6.75. The van der Waals surface area contributed by atoms with Crippen LogP contribution < -0.4 is 16.4 Å². The van der Waals surface area contributed by atoms with Gasteiger partial charge in [-0.05, 0) is 40.0 Å². The van der Waals surface area contributed by atoms with Crippen LogP contribution in [0.15, 0.2) is 0 Å². The summed E-state index contributed by atoms with van der Waals surface area (Å²) in [6, 6.07) is -0.0259. The van der Waals surface area contributed by atoms with Crippen molar-refractivity contribution in [2.75, 3.05) is 6.54 Å². The van der Waals surface area contributed by atoms with E-state index in [9.17, 15) is 9.59 Å². The van der Waals surface area contributed by atoms with Gasteiger partial charge < -0.3 is 21.1 Å². The minimum atomic E-state index is -0.519. The SMILES string of the molecule is CC(C)(C)OC(=O)NCCC(NC1CCCC1)C(N)=O. The molecule has 0 aromatic rings. The molecule has 6 heteroatoms. The number of hydrogen-bond donors (Lipinski definition) is 3. The van der Waals surface area contributed by atoms with Crippen molar-refractivity contribution in [1.29, 1.82) is 0 Å². The van der Waals surface area contributed by atoms with Crippen LogP contribution in [-0.4, -0.2) is 36.2 Å². The predicted molar refractivity (Wildman–Crippen MR) is 77.2 cm³/mol. The van der Waals surface area contributed by atoms with Gasteiger partial charge in [-0.25, -0.2) is 4.79 Å². The van der Waals surface area contributed by atoms with Gasteiger partial charge in [0.1, 0.15) is 5.60 Å². The van der Waals surface area contributed by atoms with E-state index in [0.29, 0.717) is 19.0 Å². The van der Waals surface area contributed by atoms with Crippen LogP contribution in [0.1, 0.15) is 52.9 Å². The zero-order chi connectivity index (χ0) is 15.2. The number of carbonyl (C=O) groups is 2. The number of carbonyl (C=O) groups excluding carboxylic acids is 2. The Balaban J connectivity index is 2.28. The molecule has 0 aromatic carbocycles. The van der Waals surface area contributed by atoms with Crippen molar-refractivity contribution in [1.82, 2.24) is 10.6 Å². The quantitative estimate of drug-likeness (QED) is 0.685. The van der Waals surface area contributed by atoms with E-state index in [1.807, 2.05) is 0 Å². The van der Waals surface area contributed by atoms with Gasteiger partial charge in [0.2, 0.25) is 5.91 Å². The first-order chi connectivity index (χ1) is 9.28. The van der Waals surface area contributed by atoms with E-state index in [-0.39, 0.29) is 5.91 Å². The Labute approximate surface area is 120 Å². The minimum Gasteiger partial charge on any atom is -0.444 e. The zero-order valence-electron chi connectivity index (χ0n) is 12.7. The fourth-order valence-corrected chi connectivity index (χ4v) is 2.32. The fourth-order valence-electron chi connectivity index (χ4n) is 2.32. The molecule has 1 rings (SSSR count). The van der Waals surface area contributed by atoms with Crippen molar-refractivity contribution in [2.45, 2.75) is 70.6 Å². The van der Waals surface area contributed by atoms with Crippen molar-refractivity contribution < 1.29 is 14.3 Å². The number of nitrogens with one attached hydrogen (secondary N) is 2. The van der Waals surface area contributed by atoms with Gasteiger partial charge in [-0.1, -0.05) is 12.8 Å². The molecule has 0 saturated heterocycles.